The quantitative estimate of drug-likeness (QED) is 0.811. The second-order valence-corrected chi connectivity index (χ2v) is 5.16. The summed E-state index contributed by atoms with van der Waals surface area (Å²) in [5.74, 6) is 1.04. The van der Waals surface area contributed by atoms with E-state index < -0.39 is 0 Å². The van der Waals surface area contributed by atoms with Crippen molar-refractivity contribution in [3.8, 4) is 0 Å². The molecule has 2 aromatic rings. The van der Waals surface area contributed by atoms with Crippen LogP contribution < -0.4 is 0 Å². The van der Waals surface area contributed by atoms with Crippen molar-refractivity contribution in [1.29, 1.82) is 0 Å². The van der Waals surface area contributed by atoms with Crippen LogP contribution in [0.2, 0.25) is 5.15 Å². The van der Waals surface area contributed by atoms with Gasteiger partial charge in [0, 0.05) is 31.2 Å². The van der Waals surface area contributed by atoms with Crippen LogP contribution in [0.4, 0.5) is 0 Å². The van der Waals surface area contributed by atoms with E-state index in [-0.39, 0.29) is 5.79 Å². The molecule has 0 unspecified atom stereocenters. The van der Waals surface area contributed by atoms with Crippen molar-refractivity contribution >= 4 is 17.1 Å². The molecule has 4 rings (SSSR count). The van der Waals surface area contributed by atoms with Crippen LogP contribution in [-0.4, -0.2) is 33.4 Å². The van der Waals surface area contributed by atoms with Gasteiger partial charge in [0.25, 0.3) is 0 Å². The van der Waals surface area contributed by atoms with Crippen molar-refractivity contribution in [2.24, 2.45) is 0 Å². The zero-order chi connectivity index (χ0) is 14.2. The van der Waals surface area contributed by atoms with Gasteiger partial charge in [-0.25, -0.2) is 9.97 Å². The molecule has 1 aliphatic heterocycles. The van der Waals surface area contributed by atoms with Crippen LogP contribution in [0.25, 0.3) is 5.52 Å². The lowest BCUT2D eigenvalue weighted by atomic mass is 9.78. The van der Waals surface area contributed by atoms with Crippen LogP contribution in [-0.2, 0) is 9.47 Å². The maximum atomic E-state index is 6.04. The number of aromatic nitrogens is 3. The van der Waals surface area contributed by atoms with E-state index in [0.29, 0.717) is 24.3 Å². The minimum atomic E-state index is -0.340. The van der Waals surface area contributed by atoms with Gasteiger partial charge in [-0.1, -0.05) is 25.4 Å². The molecule has 0 aromatic carbocycles. The van der Waals surface area contributed by atoms with E-state index in [0.717, 1.165) is 24.2 Å². The largest absolute Gasteiger partial charge is 0.347 e. The van der Waals surface area contributed by atoms with Gasteiger partial charge >= 0.3 is 0 Å². The second kappa shape index (κ2) is 5.31. The fraction of sp³-hybridized carbons (Fsp3) is 0.571. The molecule has 0 radical (unpaired) electrons. The highest BCUT2D eigenvalue weighted by Gasteiger charge is 2.50. The molecule has 2 aliphatic rings. The molecule has 2 fully saturated rings. The Labute approximate surface area is 122 Å². The van der Waals surface area contributed by atoms with E-state index in [9.17, 15) is 0 Å². The fourth-order valence-electron chi connectivity index (χ4n) is 2.82. The van der Waals surface area contributed by atoms with E-state index in [1.54, 1.807) is 12.4 Å². The van der Waals surface area contributed by atoms with Crippen molar-refractivity contribution in [3.63, 3.8) is 0 Å². The van der Waals surface area contributed by atoms with Gasteiger partial charge in [-0.15, -0.1) is 0 Å². The number of fused-ring (bicyclic) bond motifs is 1. The minimum Gasteiger partial charge on any atom is -0.347 e. The summed E-state index contributed by atoms with van der Waals surface area (Å²) in [6.07, 6.45) is 7.09. The molecule has 1 saturated heterocycles. The lowest BCUT2D eigenvalue weighted by Crippen LogP contribution is -2.44. The molecule has 0 amide bonds. The number of imidazole rings is 1. The highest BCUT2D eigenvalue weighted by Crippen LogP contribution is 2.49. The Morgan fingerprint density at radius 1 is 1.25 bits per heavy atom. The lowest BCUT2D eigenvalue weighted by Gasteiger charge is -2.42. The van der Waals surface area contributed by atoms with Crippen LogP contribution in [0.15, 0.2) is 18.6 Å². The summed E-state index contributed by atoms with van der Waals surface area (Å²) in [5, 5.41) is 0.485. The molecule has 6 heteroatoms. The van der Waals surface area contributed by atoms with E-state index in [1.165, 1.54) is 0 Å². The maximum Gasteiger partial charge on any atom is 0.169 e. The Balaban J connectivity index is 0.000000581. The van der Waals surface area contributed by atoms with E-state index in [2.05, 4.69) is 9.97 Å². The molecule has 20 heavy (non-hydrogen) atoms. The van der Waals surface area contributed by atoms with E-state index in [4.69, 9.17) is 21.1 Å². The predicted octanol–water partition coefficient (Wildman–Crippen LogP) is 3.03. The second-order valence-electron chi connectivity index (χ2n) is 4.80. The van der Waals surface area contributed by atoms with Gasteiger partial charge in [0.05, 0.1) is 19.4 Å². The van der Waals surface area contributed by atoms with Gasteiger partial charge in [-0.2, -0.15) is 0 Å². The van der Waals surface area contributed by atoms with Gasteiger partial charge in [-0.05, 0) is 0 Å². The molecule has 1 saturated carbocycles. The van der Waals surface area contributed by atoms with Crippen LogP contribution in [0.1, 0.15) is 38.4 Å². The third-order valence-corrected chi connectivity index (χ3v) is 4.03. The first kappa shape index (κ1) is 13.8. The number of halogens is 1. The van der Waals surface area contributed by atoms with Crippen molar-refractivity contribution in [1.82, 2.24) is 14.4 Å². The Morgan fingerprint density at radius 3 is 2.65 bits per heavy atom. The Hall–Kier alpha value is -1.17. The topological polar surface area (TPSA) is 48.7 Å². The van der Waals surface area contributed by atoms with Crippen LogP contribution in [0, 0.1) is 0 Å². The molecule has 108 valence electrons. The van der Waals surface area contributed by atoms with Crippen molar-refractivity contribution < 1.29 is 9.47 Å². The SMILES string of the molecule is CC.Clc1nccn2c(C3CC4(C3)OCCO4)ncc12. The normalized spacial score (nSPS) is 20.8. The van der Waals surface area contributed by atoms with Gasteiger partial charge < -0.3 is 9.47 Å². The third-order valence-electron chi connectivity index (χ3n) is 3.73. The molecular weight excluding hydrogens is 278 g/mol. The minimum absolute atomic E-state index is 0.340. The predicted molar refractivity (Wildman–Crippen MR) is 76.0 cm³/mol. The average molecular weight is 296 g/mol. The van der Waals surface area contributed by atoms with Gasteiger partial charge in [-0.3, -0.25) is 4.40 Å². The van der Waals surface area contributed by atoms with Crippen LogP contribution in [0.3, 0.4) is 0 Å². The molecule has 3 heterocycles. The average Bonchev–Trinajstić information content (AvgIpc) is 3.06. The summed E-state index contributed by atoms with van der Waals surface area (Å²) in [7, 11) is 0. The first-order valence-corrected chi connectivity index (χ1v) is 7.41. The van der Waals surface area contributed by atoms with Crippen LogP contribution >= 0.6 is 11.6 Å². The Morgan fingerprint density at radius 2 is 1.95 bits per heavy atom. The maximum absolute atomic E-state index is 6.04. The Bertz CT molecular complexity index is 599. The van der Waals surface area contributed by atoms with Gasteiger partial charge in [0.15, 0.2) is 10.9 Å². The molecule has 0 bridgehead atoms. The highest BCUT2D eigenvalue weighted by molar-refractivity contribution is 6.32. The molecular formula is C14H18ClN3O2. The van der Waals surface area contributed by atoms with E-state index in [1.807, 2.05) is 24.4 Å². The monoisotopic (exact) mass is 295 g/mol. The Kier molecular flexibility index (Phi) is 3.67. The number of nitrogens with zero attached hydrogens (tertiary/aromatic N) is 3. The van der Waals surface area contributed by atoms with Gasteiger partial charge in [0.1, 0.15) is 11.3 Å². The molecule has 5 nitrogen and oxygen atoms in total. The smallest absolute Gasteiger partial charge is 0.169 e. The zero-order valence-electron chi connectivity index (χ0n) is 11.7. The molecule has 0 atom stereocenters. The number of rotatable bonds is 1. The highest BCUT2D eigenvalue weighted by atomic mass is 35.5. The van der Waals surface area contributed by atoms with Crippen LogP contribution in [0.5, 0.6) is 0 Å². The first-order chi connectivity index (χ1) is 9.77. The summed E-state index contributed by atoms with van der Waals surface area (Å²) in [4.78, 5) is 8.51. The summed E-state index contributed by atoms with van der Waals surface area (Å²) in [6.45, 7) is 5.40. The summed E-state index contributed by atoms with van der Waals surface area (Å²) < 4.78 is 13.3. The molecule has 1 aliphatic carbocycles. The zero-order valence-corrected chi connectivity index (χ0v) is 12.4. The number of hydrogen-bond donors (Lipinski definition) is 0. The molecule has 2 aromatic heterocycles. The fourth-order valence-corrected chi connectivity index (χ4v) is 3.02. The number of hydrogen-bond acceptors (Lipinski definition) is 4. The molecule has 1 spiro atoms. The van der Waals surface area contributed by atoms with Crippen molar-refractivity contribution in [2.75, 3.05) is 13.2 Å². The summed E-state index contributed by atoms with van der Waals surface area (Å²) in [5.41, 5.74) is 0.850. The summed E-state index contributed by atoms with van der Waals surface area (Å²) in [6, 6.07) is 0. The van der Waals surface area contributed by atoms with Gasteiger partial charge in [0.2, 0.25) is 0 Å². The third kappa shape index (κ3) is 2.10. The van der Waals surface area contributed by atoms with E-state index >= 15 is 0 Å². The number of ether oxygens (including phenoxy) is 2. The first-order valence-electron chi connectivity index (χ1n) is 7.03. The lowest BCUT2D eigenvalue weighted by molar-refractivity contribution is -0.216. The molecule has 0 N–H and O–H groups in total. The standard InChI is InChI=1S/C12H12ClN3O2.C2H6/c13-10-9-7-15-11(16(9)2-1-14-10)8-5-12(6-8)17-3-4-18-12;1-2/h1-2,7-8H,3-6H2;1-2H3. The van der Waals surface area contributed by atoms with Crippen molar-refractivity contribution in [2.45, 2.75) is 38.4 Å². The van der Waals surface area contributed by atoms with Crippen molar-refractivity contribution in [3.05, 3.63) is 29.6 Å². The summed E-state index contributed by atoms with van der Waals surface area (Å²) >= 11 is 6.04.